The largest absolute Gasteiger partial charge is 0.443 e. The van der Waals surface area contributed by atoms with Crippen molar-refractivity contribution in [2.75, 3.05) is 26.2 Å². The number of carbonyl (C=O) groups excluding carboxylic acids is 2. The second kappa shape index (κ2) is 14.2. The zero-order valence-corrected chi connectivity index (χ0v) is 23.4. The fourth-order valence-corrected chi connectivity index (χ4v) is 5.27. The molecule has 3 amide bonds. The van der Waals surface area contributed by atoms with Gasteiger partial charge in [0, 0.05) is 6.54 Å². The number of imide groups is 1. The van der Waals surface area contributed by atoms with Crippen LogP contribution in [-0.4, -0.2) is 54.2 Å². The number of halogens is 3. The molecule has 9 heteroatoms. The predicted molar refractivity (Wildman–Crippen MR) is 151 cm³/mol. The number of ether oxygens (including phenoxy) is 1. The molecule has 2 heterocycles. The van der Waals surface area contributed by atoms with Gasteiger partial charge in [-0.05, 0) is 94.1 Å². The average molecular weight is 568 g/mol. The third-order valence-corrected chi connectivity index (χ3v) is 7.51. The van der Waals surface area contributed by atoms with Crippen LogP contribution in [0.1, 0.15) is 54.8 Å². The number of rotatable bonds is 6. The Labute approximate surface area is 239 Å². The van der Waals surface area contributed by atoms with Gasteiger partial charge in [0.25, 0.3) is 0 Å². The number of nitrogens with zero attached hydrogens (tertiary/aromatic N) is 2. The number of aryl methyl sites for hydroxylation is 1. The molecule has 2 aliphatic rings. The lowest BCUT2D eigenvalue weighted by Crippen LogP contribution is -2.43. The first-order valence-electron chi connectivity index (χ1n) is 13.9. The van der Waals surface area contributed by atoms with Crippen molar-refractivity contribution in [3.8, 4) is 0 Å². The molecule has 0 aliphatic carbocycles. The number of likely N-dealkylation sites (tertiary alicyclic amines) is 1. The summed E-state index contributed by atoms with van der Waals surface area (Å²) >= 11 is 0. The van der Waals surface area contributed by atoms with Crippen molar-refractivity contribution >= 4 is 12.1 Å². The second-order valence-electron chi connectivity index (χ2n) is 10.5. The smallest absolute Gasteiger partial charge is 0.419 e. The molecule has 0 spiro atoms. The molecule has 218 valence electrons. The number of carbonyl (C=O) groups is 2. The molecule has 2 aliphatic heterocycles. The quantitative estimate of drug-likeness (QED) is 0.327. The lowest BCUT2D eigenvalue weighted by molar-refractivity contribution is 0.138. The van der Waals surface area contributed by atoms with Crippen LogP contribution in [0, 0.1) is 24.4 Å². The van der Waals surface area contributed by atoms with Crippen molar-refractivity contribution in [1.82, 2.24) is 15.1 Å². The Morgan fingerprint density at radius 2 is 1.59 bits per heavy atom. The van der Waals surface area contributed by atoms with Crippen LogP contribution < -0.4 is 5.32 Å². The third kappa shape index (κ3) is 8.10. The normalized spacial score (nSPS) is 19.3. The number of hydrogen-bond acceptors (Lipinski definition) is 4. The highest BCUT2D eigenvalue weighted by molar-refractivity contribution is 5.93. The van der Waals surface area contributed by atoms with E-state index in [-0.39, 0.29) is 11.4 Å². The monoisotopic (exact) mass is 567 g/mol. The molecule has 2 fully saturated rings. The van der Waals surface area contributed by atoms with E-state index in [0.717, 1.165) is 55.1 Å². The van der Waals surface area contributed by atoms with E-state index in [1.807, 2.05) is 30.3 Å². The predicted octanol–water partition coefficient (Wildman–Crippen LogP) is 6.96. The molecule has 1 N–H and O–H groups in total. The maximum atomic E-state index is 13.7. The number of nitrogens with one attached hydrogen (secondary N) is 1. The maximum absolute atomic E-state index is 13.7. The van der Waals surface area contributed by atoms with Crippen LogP contribution >= 0.6 is 0 Å². The molecule has 3 aromatic rings. The average Bonchev–Trinajstić information content (AvgIpc) is 3.27. The number of urea groups is 1. The van der Waals surface area contributed by atoms with Crippen molar-refractivity contribution in [2.45, 2.75) is 51.2 Å². The van der Waals surface area contributed by atoms with Gasteiger partial charge in [0.1, 0.15) is 18.0 Å². The van der Waals surface area contributed by atoms with Gasteiger partial charge in [-0.2, -0.15) is 0 Å². The van der Waals surface area contributed by atoms with E-state index in [0.29, 0.717) is 18.9 Å². The minimum atomic E-state index is -1.05. The van der Waals surface area contributed by atoms with E-state index in [9.17, 15) is 22.8 Å². The first-order chi connectivity index (χ1) is 19.7. The van der Waals surface area contributed by atoms with Gasteiger partial charge in [-0.3, -0.25) is 0 Å². The summed E-state index contributed by atoms with van der Waals surface area (Å²) in [7, 11) is 0. The van der Waals surface area contributed by atoms with Crippen LogP contribution in [0.15, 0.2) is 72.8 Å². The lowest BCUT2D eigenvalue weighted by atomic mass is 9.89. The SMILES string of the molecule is C[C@@H]1OC(=O)N(C(=O)NCCCN2CCC(c3ccc(F)cc3)CC2)[C@H]1c1ccc(F)c(F)c1.Cc1ccccc1. The summed E-state index contributed by atoms with van der Waals surface area (Å²) in [4.78, 5) is 28.2. The van der Waals surface area contributed by atoms with Gasteiger partial charge in [-0.25, -0.2) is 27.7 Å². The zero-order valence-electron chi connectivity index (χ0n) is 23.4. The standard InChI is InChI=1S/C25H28F3N3O3.C7H8/c1-16-23(19-5-8-21(27)22(28)15-19)31(25(33)34-16)24(32)29-11-2-12-30-13-9-18(10-14-30)17-3-6-20(26)7-4-17;1-7-5-3-2-4-6-7/h3-8,15-16,18,23H,2,9-14H2,1H3,(H,29,32);2-6H,1H3/t16-,23+;/m0./s1. The Bertz CT molecular complexity index is 1300. The first kappa shape index (κ1) is 30.1. The molecule has 2 saturated heterocycles. The molecule has 41 heavy (non-hydrogen) atoms. The van der Waals surface area contributed by atoms with Crippen molar-refractivity contribution in [3.05, 3.63) is 107 Å². The molecule has 0 bridgehead atoms. The van der Waals surface area contributed by atoms with E-state index in [1.54, 1.807) is 6.92 Å². The Balaban J connectivity index is 0.000000483. The number of piperidine rings is 1. The number of benzene rings is 3. The number of hydrogen-bond donors (Lipinski definition) is 1. The first-order valence-corrected chi connectivity index (χ1v) is 13.9. The minimum absolute atomic E-state index is 0.226. The van der Waals surface area contributed by atoms with Gasteiger partial charge in [0.05, 0.1) is 0 Å². The van der Waals surface area contributed by atoms with Crippen LogP contribution in [0.3, 0.4) is 0 Å². The molecule has 0 radical (unpaired) electrons. The summed E-state index contributed by atoms with van der Waals surface area (Å²) in [6, 6.07) is 18.8. The van der Waals surface area contributed by atoms with Gasteiger partial charge in [-0.15, -0.1) is 0 Å². The van der Waals surface area contributed by atoms with Crippen molar-refractivity contribution in [3.63, 3.8) is 0 Å². The van der Waals surface area contributed by atoms with Crippen LogP contribution in [0.4, 0.5) is 22.8 Å². The van der Waals surface area contributed by atoms with Crippen LogP contribution in [0.5, 0.6) is 0 Å². The molecular formula is C32H36F3N3O3. The Kier molecular flexibility index (Phi) is 10.4. The van der Waals surface area contributed by atoms with Crippen molar-refractivity contribution in [2.24, 2.45) is 0 Å². The van der Waals surface area contributed by atoms with Crippen LogP contribution in [0.2, 0.25) is 0 Å². The highest BCUT2D eigenvalue weighted by atomic mass is 19.2. The highest BCUT2D eigenvalue weighted by Gasteiger charge is 2.44. The zero-order chi connectivity index (χ0) is 29.4. The van der Waals surface area contributed by atoms with E-state index in [4.69, 9.17) is 4.74 Å². The fraction of sp³-hybridized carbons (Fsp3) is 0.375. The highest BCUT2D eigenvalue weighted by Crippen LogP contribution is 2.34. The number of amides is 3. The van der Waals surface area contributed by atoms with Gasteiger partial charge in [0.15, 0.2) is 11.6 Å². The summed E-state index contributed by atoms with van der Waals surface area (Å²) in [5, 5.41) is 2.74. The Hall–Kier alpha value is -3.85. The molecular weight excluding hydrogens is 531 g/mol. The topological polar surface area (TPSA) is 61.9 Å². The van der Waals surface area contributed by atoms with E-state index >= 15 is 0 Å². The van der Waals surface area contributed by atoms with Gasteiger partial charge in [0.2, 0.25) is 0 Å². The molecule has 5 rings (SSSR count). The van der Waals surface area contributed by atoms with Gasteiger partial charge >= 0.3 is 12.1 Å². The van der Waals surface area contributed by atoms with Crippen LogP contribution in [-0.2, 0) is 4.74 Å². The molecule has 2 atom stereocenters. The van der Waals surface area contributed by atoms with Crippen molar-refractivity contribution in [1.29, 1.82) is 0 Å². The summed E-state index contributed by atoms with van der Waals surface area (Å²) < 4.78 is 45.3. The number of cyclic esters (lactones) is 1. The van der Waals surface area contributed by atoms with E-state index in [1.165, 1.54) is 23.8 Å². The van der Waals surface area contributed by atoms with E-state index < -0.39 is 35.9 Å². The molecule has 6 nitrogen and oxygen atoms in total. The fourth-order valence-electron chi connectivity index (χ4n) is 5.27. The summed E-state index contributed by atoms with van der Waals surface area (Å²) in [5.41, 5.74) is 2.77. The van der Waals surface area contributed by atoms with Crippen LogP contribution in [0.25, 0.3) is 0 Å². The van der Waals surface area contributed by atoms with Gasteiger partial charge in [-0.1, -0.05) is 54.1 Å². The van der Waals surface area contributed by atoms with Crippen molar-refractivity contribution < 1.29 is 27.5 Å². The third-order valence-electron chi connectivity index (χ3n) is 7.51. The molecule has 0 unspecified atom stereocenters. The Morgan fingerprint density at radius 3 is 2.20 bits per heavy atom. The minimum Gasteiger partial charge on any atom is -0.443 e. The summed E-state index contributed by atoms with van der Waals surface area (Å²) in [5.74, 6) is -1.85. The maximum Gasteiger partial charge on any atom is 0.419 e. The molecule has 0 aromatic heterocycles. The lowest BCUT2D eigenvalue weighted by Gasteiger charge is -2.32. The Morgan fingerprint density at radius 1 is 0.927 bits per heavy atom. The second-order valence-corrected chi connectivity index (χ2v) is 10.5. The van der Waals surface area contributed by atoms with Gasteiger partial charge < -0.3 is 15.0 Å². The summed E-state index contributed by atoms with van der Waals surface area (Å²) in [6.07, 6.45) is 1.17. The van der Waals surface area contributed by atoms with E-state index in [2.05, 4.69) is 29.3 Å². The molecule has 0 saturated carbocycles. The molecule has 3 aromatic carbocycles. The summed E-state index contributed by atoms with van der Waals surface area (Å²) in [6.45, 7) is 6.68.